The Morgan fingerprint density at radius 2 is 1.85 bits per heavy atom. The second-order valence-corrected chi connectivity index (χ2v) is 2.86. The van der Waals surface area contributed by atoms with Gasteiger partial charge >= 0.3 is 0 Å². The minimum absolute atomic E-state index is 0.228. The fraction of sp³-hybridized carbons (Fsp3) is 0.100. The quantitative estimate of drug-likeness (QED) is 0.652. The van der Waals surface area contributed by atoms with Crippen molar-refractivity contribution >= 4 is 0 Å². The highest BCUT2D eigenvalue weighted by atomic mass is 19.1. The molecule has 0 unspecified atom stereocenters. The van der Waals surface area contributed by atoms with E-state index in [9.17, 15) is 4.39 Å². The predicted molar refractivity (Wildman–Crippen MR) is 48.3 cm³/mol. The van der Waals surface area contributed by atoms with Gasteiger partial charge in [0, 0.05) is 11.9 Å². The number of aromatic nitrogens is 2. The third-order valence-corrected chi connectivity index (χ3v) is 1.90. The fourth-order valence-corrected chi connectivity index (χ4v) is 1.22. The van der Waals surface area contributed by atoms with E-state index in [-0.39, 0.29) is 5.82 Å². The van der Waals surface area contributed by atoms with Crippen LogP contribution in [0.1, 0.15) is 5.69 Å². The highest BCUT2D eigenvalue weighted by Crippen LogP contribution is 2.09. The molecule has 2 nitrogen and oxygen atoms in total. The van der Waals surface area contributed by atoms with Gasteiger partial charge in [-0.05, 0) is 37.3 Å². The van der Waals surface area contributed by atoms with Gasteiger partial charge in [-0.3, -0.25) is 0 Å². The topological polar surface area (TPSA) is 17.8 Å². The Morgan fingerprint density at radius 3 is 2.38 bits per heavy atom. The molecule has 2 rings (SSSR count). The summed E-state index contributed by atoms with van der Waals surface area (Å²) in [6, 6.07) is 8.17. The molecule has 0 saturated carbocycles. The van der Waals surface area contributed by atoms with E-state index in [1.807, 2.05) is 13.0 Å². The molecule has 0 bridgehead atoms. The third-order valence-electron chi connectivity index (χ3n) is 1.90. The van der Waals surface area contributed by atoms with Crippen molar-refractivity contribution in [3.05, 3.63) is 48.0 Å². The van der Waals surface area contributed by atoms with Gasteiger partial charge in [0.25, 0.3) is 0 Å². The molecule has 1 aromatic carbocycles. The van der Waals surface area contributed by atoms with Crippen LogP contribution in [0.15, 0.2) is 36.5 Å². The molecule has 0 aliphatic rings. The lowest BCUT2D eigenvalue weighted by atomic mass is 10.3. The monoisotopic (exact) mass is 176 g/mol. The lowest BCUT2D eigenvalue weighted by Crippen LogP contribution is -1.97. The Labute approximate surface area is 75.6 Å². The number of halogens is 1. The van der Waals surface area contributed by atoms with Gasteiger partial charge in [0.05, 0.1) is 5.69 Å². The van der Waals surface area contributed by atoms with Gasteiger partial charge < -0.3 is 0 Å². The maximum absolute atomic E-state index is 12.6. The average Bonchev–Trinajstić information content (AvgIpc) is 2.53. The predicted octanol–water partition coefficient (Wildman–Crippen LogP) is 2.32. The zero-order valence-electron chi connectivity index (χ0n) is 7.24. The third kappa shape index (κ3) is 1.45. The second-order valence-electron chi connectivity index (χ2n) is 2.86. The van der Waals surface area contributed by atoms with E-state index in [1.165, 1.54) is 12.1 Å². The number of hydrogen-bond donors (Lipinski definition) is 0. The molecule has 0 N–H and O–H groups in total. The standard InChI is InChI=1S/C10H9FN2/c1-8-6-7-12-13(8)10-4-2-9(11)3-5-10/h2-7H,1H3. The summed E-state index contributed by atoms with van der Waals surface area (Å²) in [6.45, 7) is 1.95. The number of hydrogen-bond acceptors (Lipinski definition) is 1. The molecule has 3 heteroatoms. The maximum Gasteiger partial charge on any atom is 0.123 e. The highest BCUT2D eigenvalue weighted by molar-refractivity contribution is 5.32. The molecule has 0 fully saturated rings. The number of nitrogens with zero attached hydrogens (tertiary/aromatic N) is 2. The van der Waals surface area contributed by atoms with E-state index < -0.39 is 0 Å². The molecule has 2 aromatic rings. The number of benzene rings is 1. The molecular weight excluding hydrogens is 167 g/mol. The molecular formula is C10H9FN2. The first-order chi connectivity index (χ1) is 6.27. The van der Waals surface area contributed by atoms with E-state index in [0.717, 1.165) is 11.4 Å². The Morgan fingerprint density at radius 1 is 1.15 bits per heavy atom. The lowest BCUT2D eigenvalue weighted by Gasteiger charge is -2.02. The fourth-order valence-electron chi connectivity index (χ4n) is 1.22. The van der Waals surface area contributed by atoms with Crippen molar-refractivity contribution in [2.45, 2.75) is 6.92 Å². The maximum atomic E-state index is 12.6. The highest BCUT2D eigenvalue weighted by Gasteiger charge is 1.99. The zero-order valence-corrected chi connectivity index (χ0v) is 7.24. The molecule has 0 atom stereocenters. The summed E-state index contributed by atoms with van der Waals surface area (Å²) < 4.78 is 14.4. The van der Waals surface area contributed by atoms with Crippen LogP contribution in [0, 0.1) is 12.7 Å². The Hall–Kier alpha value is -1.64. The van der Waals surface area contributed by atoms with Crippen molar-refractivity contribution in [3.63, 3.8) is 0 Å². The van der Waals surface area contributed by atoms with Gasteiger partial charge in [-0.15, -0.1) is 0 Å². The SMILES string of the molecule is Cc1ccnn1-c1ccc(F)cc1. The second kappa shape index (κ2) is 3.01. The van der Waals surface area contributed by atoms with Crippen molar-refractivity contribution in [2.24, 2.45) is 0 Å². The first kappa shape index (κ1) is 7.98. The Balaban J connectivity index is 2.47. The molecule has 13 heavy (non-hydrogen) atoms. The molecule has 1 aromatic heterocycles. The molecule has 66 valence electrons. The van der Waals surface area contributed by atoms with Crippen LogP contribution in [0.5, 0.6) is 0 Å². The van der Waals surface area contributed by atoms with Gasteiger partial charge in [0.1, 0.15) is 5.82 Å². The first-order valence-electron chi connectivity index (χ1n) is 4.04. The minimum Gasteiger partial charge on any atom is -0.238 e. The molecule has 0 spiro atoms. The van der Waals surface area contributed by atoms with Crippen molar-refractivity contribution in [2.75, 3.05) is 0 Å². The Bertz CT molecular complexity index is 403. The summed E-state index contributed by atoms with van der Waals surface area (Å²) in [7, 11) is 0. The normalized spacial score (nSPS) is 10.3. The van der Waals surface area contributed by atoms with Crippen molar-refractivity contribution in [1.29, 1.82) is 0 Å². The van der Waals surface area contributed by atoms with Crippen molar-refractivity contribution in [3.8, 4) is 5.69 Å². The van der Waals surface area contributed by atoms with Crippen LogP contribution in [-0.2, 0) is 0 Å². The number of rotatable bonds is 1. The van der Waals surface area contributed by atoms with E-state index in [4.69, 9.17) is 0 Å². The first-order valence-corrected chi connectivity index (χ1v) is 4.04. The van der Waals surface area contributed by atoms with E-state index in [0.29, 0.717) is 0 Å². The smallest absolute Gasteiger partial charge is 0.123 e. The van der Waals surface area contributed by atoms with E-state index in [1.54, 1.807) is 23.0 Å². The van der Waals surface area contributed by atoms with Gasteiger partial charge in [-0.2, -0.15) is 5.10 Å². The Kier molecular flexibility index (Phi) is 1.85. The van der Waals surface area contributed by atoms with Crippen LogP contribution < -0.4 is 0 Å². The summed E-state index contributed by atoms with van der Waals surface area (Å²) in [6.07, 6.45) is 1.72. The van der Waals surface area contributed by atoms with Gasteiger partial charge in [-0.25, -0.2) is 9.07 Å². The summed E-state index contributed by atoms with van der Waals surface area (Å²) in [5, 5.41) is 4.11. The zero-order chi connectivity index (χ0) is 9.26. The molecule has 0 aliphatic heterocycles. The molecule has 0 saturated heterocycles. The van der Waals surface area contributed by atoms with Crippen LogP contribution in [0.25, 0.3) is 5.69 Å². The van der Waals surface area contributed by atoms with E-state index in [2.05, 4.69) is 5.10 Å². The summed E-state index contributed by atoms with van der Waals surface area (Å²) in [5.74, 6) is -0.228. The van der Waals surface area contributed by atoms with Crippen LogP contribution in [0.4, 0.5) is 4.39 Å². The van der Waals surface area contributed by atoms with Crippen LogP contribution in [-0.4, -0.2) is 9.78 Å². The number of aryl methyl sites for hydroxylation is 1. The molecule has 0 aliphatic carbocycles. The van der Waals surface area contributed by atoms with E-state index >= 15 is 0 Å². The minimum atomic E-state index is -0.228. The lowest BCUT2D eigenvalue weighted by molar-refractivity contribution is 0.627. The largest absolute Gasteiger partial charge is 0.238 e. The van der Waals surface area contributed by atoms with Crippen LogP contribution in [0.3, 0.4) is 0 Å². The summed E-state index contributed by atoms with van der Waals surface area (Å²) >= 11 is 0. The average molecular weight is 176 g/mol. The molecule has 1 heterocycles. The summed E-state index contributed by atoms with van der Waals surface area (Å²) in [5.41, 5.74) is 1.91. The van der Waals surface area contributed by atoms with Crippen molar-refractivity contribution < 1.29 is 4.39 Å². The molecule has 0 amide bonds. The van der Waals surface area contributed by atoms with Crippen LogP contribution in [0.2, 0.25) is 0 Å². The summed E-state index contributed by atoms with van der Waals surface area (Å²) in [4.78, 5) is 0. The van der Waals surface area contributed by atoms with Crippen LogP contribution >= 0.6 is 0 Å². The van der Waals surface area contributed by atoms with Crippen molar-refractivity contribution in [1.82, 2.24) is 9.78 Å². The van der Waals surface area contributed by atoms with Gasteiger partial charge in [-0.1, -0.05) is 0 Å². The molecule has 0 radical (unpaired) electrons. The van der Waals surface area contributed by atoms with Gasteiger partial charge in [0.2, 0.25) is 0 Å². The van der Waals surface area contributed by atoms with Gasteiger partial charge in [0.15, 0.2) is 0 Å².